The van der Waals surface area contributed by atoms with Gasteiger partial charge in [0.2, 0.25) is 0 Å². The molecule has 0 spiro atoms. The number of rotatable bonds is 5. The molecular weight excluding hydrogens is 196 g/mol. The van der Waals surface area contributed by atoms with Crippen molar-refractivity contribution in [2.75, 3.05) is 0 Å². The van der Waals surface area contributed by atoms with E-state index in [0.717, 1.165) is 6.42 Å². The van der Waals surface area contributed by atoms with Crippen LogP contribution in [0.2, 0.25) is 0 Å². The molecule has 0 bridgehead atoms. The van der Waals surface area contributed by atoms with Gasteiger partial charge in [-0.2, -0.15) is 0 Å². The lowest BCUT2D eigenvalue weighted by molar-refractivity contribution is 0.565. The highest BCUT2D eigenvalue weighted by Gasteiger charge is 1.89. The third kappa shape index (κ3) is 5.40. The van der Waals surface area contributed by atoms with Gasteiger partial charge >= 0.3 is 0 Å². The molecule has 16 heavy (non-hydrogen) atoms. The summed E-state index contributed by atoms with van der Waals surface area (Å²) in [6, 6.07) is 1.99. The van der Waals surface area contributed by atoms with Crippen LogP contribution in [0.3, 0.4) is 0 Å². The van der Waals surface area contributed by atoms with Crippen LogP contribution in [0.5, 0.6) is 0 Å². The lowest BCUT2D eigenvalue weighted by Gasteiger charge is -1.92. The summed E-state index contributed by atoms with van der Waals surface area (Å²) in [6.07, 6.45) is 15.1. The van der Waals surface area contributed by atoms with Crippen LogP contribution < -0.4 is 0 Å². The van der Waals surface area contributed by atoms with Crippen molar-refractivity contribution >= 4 is 0 Å². The third-order valence-electron chi connectivity index (χ3n) is 2.17. The number of furan rings is 1. The van der Waals surface area contributed by atoms with Crippen LogP contribution in [-0.4, -0.2) is 0 Å². The van der Waals surface area contributed by atoms with Crippen molar-refractivity contribution in [3.63, 3.8) is 0 Å². The summed E-state index contributed by atoms with van der Waals surface area (Å²) in [5.74, 6) is 0.610. The van der Waals surface area contributed by atoms with Gasteiger partial charge in [0.15, 0.2) is 0 Å². The van der Waals surface area contributed by atoms with Gasteiger partial charge in [0.05, 0.1) is 12.5 Å². The van der Waals surface area contributed by atoms with Crippen molar-refractivity contribution in [2.45, 2.75) is 27.2 Å². The molecule has 0 amide bonds. The number of hydrogen-bond acceptors (Lipinski definition) is 1. The molecule has 0 unspecified atom stereocenters. The van der Waals surface area contributed by atoms with Crippen molar-refractivity contribution in [3.8, 4) is 0 Å². The summed E-state index contributed by atoms with van der Waals surface area (Å²) < 4.78 is 5.00. The van der Waals surface area contributed by atoms with Crippen LogP contribution in [0.25, 0.3) is 0 Å². The maximum atomic E-state index is 5.00. The molecule has 0 aliphatic carbocycles. The Morgan fingerprint density at radius 2 is 2.25 bits per heavy atom. The number of hydrogen-bond donors (Lipinski definition) is 0. The molecule has 1 aromatic heterocycles. The second kappa shape index (κ2) is 6.89. The Labute approximate surface area is 98.2 Å². The second-order valence-corrected chi connectivity index (χ2v) is 4.28. The lowest BCUT2D eigenvalue weighted by atomic mass is 10.1. The van der Waals surface area contributed by atoms with Crippen LogP contribution in [0.15, 0.2) is 59.0 Å². The fourth-order valence-electron chi connectivity index (χ4n) is 1.27. The van der Waals surface area contributed by atoms with Crippen molar-refractivity contribution in [1.29, 1.82) is 0 Å². The van der Waals surface area contributed by atoms with E-state index in [1.165, 1.54) is 11.1 Å². The van der Waals surface area contributed by atoms with E-state index in [1.807, 2.05) is 6.07 Å². The van der Waals surface area contributed by atoms with Gasteiger partial charge in [-0.15, -0.1) is 0 Å². The zero-order chi connectivity index (χ0) is 11.8. The van der Waals surface area contributed by atoms with Crippen LogP contribution >= 0.6 is 0 Å². The maximum absolute atomic E-state index is 5.00. The van der Waals surface area contributed by atoms with E-state index in [9.17, 15) is 0 Å². The van der Waals surface area contributed by atoms with Gasteiger partial charge in [-0.1, -0.05) is 49.8 Å². The third-order valence-corrected chi connectivity index (χ3v) is 2.17. The first-order chi connectivity index (χ1) is 7.68. The van der Waals surface area contributed by atoms with Gasteiger partial charge in [-0.05, 0) is 30.9 Å². The van der Waals surface area contributed by atoms with Crippen LogP contribution in [0.4, 0.5) is 0 Å². The minimum Gasteiger partial charge on any atom is -0.472 e. The molecule has 1 aromatic rings. The Morgan fingerprint density at radius 3 is 2.88 bits per heavy atom. The smallest absolute Gasteiger partial charge is 0.0937 e. The van der Waals surface area contributed by atoms with Gasteiger partial charge < -0.3 is 4.42 Å². The molecular formula is C15H20O. The van der Waals surface area contributed by atoms with Crippen molar-refractivity contribution < 1.29 is 4.42 Å². The first-order valence-electron chi connectivity index (χ1n) is 5.71. The fourth-order valence-corrected chi connectivity index (χ4v) is 1.27. The first kappa shape index (κ1) is 12.6. The molecule has 0 saturated carbocycles. The number of allylic oxidation sites excluding steroid dienone is 6. The quantitative estimate of drug-likeness (QED) is 0.659. The van der Waals surface area contributed by atoms with E-state index in [0.29, 0.717) is 5.92 Å². The summed E-state index contributed by atoms with van der Waals surface area (Å²) in [5, 5.41) is 0. The molecule has 0 aromatic carbocycles. The molecule has 0 saturated heterocycles. The van der Waals surface area contributed by atoms with Crippen molar-refractivity contribution in [3.05, 3.63) is 60.1 Å². The standard InChI is InChI=1S/C15H20O/c1-13(2)6-4-7-14(3)8-5-9-15-10-11-16-12-15/h4-8,10-13H,9H2,1-3H3. The molecule has 0 fully saturated rings. The molecule has 1 heteroatoms. The van der Waals surface area contributed by atoms with Gasteiger partial charge in [0, 0.05) is 0 Å². The van der Waals surface area contributed by atoms with Gasteiger partial charge in [0.25, 0.3) is 0 Å². The molecule has 1 heterocycles. The minimum atomic E-state index is 0.610. The van der Waals surface area contributed by atoms with Crippen LogP contribution in [0, 0.1) is 5.92 Å². The van der Waals surface area contributed by atoms with E-state index < -0.39 is 0 Å². The molecule has 0 atom stereocenters. The molecule has 1 rings (SSSR count). The van der Waals surface area contributed by atoms with Crippen molar-refractivity contribution in [1.82, 2.24) is 0 Å². The summed E-state index contributed by atoms with van der Waals surface area (Å²) in [5.41, 5.74) is 2.47. The average molecular weight is 216 g/mol. The molecule has 0 radical (unpaired) electrons. The lowest BCUT2D eigenvalue weighted by Crippen LogP contribution is -1.76. The van der Waals surface area contributed by atoms with E-state index in [1.54, 1.807) is 12.5 Å². The highest BCUT2D eigenvalue weighted by atomic mass is 16.3. The molecule has 1 nitrogen and oxygen atoms in total. The predicted octanol–water partition coefficient (Wildman–Crippen LogP) is 4.54. The maximum Gasteiger partial charge on any atom is 0.0937 e. The van der Waals surface area contributed by atoms with Gasteiger partial charge in [-0.25, -0.2) is 0 Å². The zero-order valence-electron chi connectivity index (χ0n) is 10.3. The Kier molecular flexibility index (Phi) is 5.41. The van der Waals surface area contributed by atoms with E-state index in [-0.39, 0.29) is 0 Å². The SMILES string of the molecule is CC(C=CCc1ccoc1)=CC=CC(C)C. The molecule has 0 N–H and O–H groups in total. The van der Waals surface area contributed by atoms with Crippen LogP contribution in [0.1, 0.15) is 26.3 Å². The van der Waals surface area contributed by atoms with E-state index in [2.05, 4.69) is 51.2 Å². The Balaban J connectivity index is 2.38. The van der Waals surface area contributed by atoms with E-state index in [4.69, 9.17) is 4.42 Å². The summed E-state index contributed by atoms with van der Waals surface area (Å²) in [6.45, 7) is 6.46. The second-order valence-electron chi connectivity index (χ2n) is 4.28. The van der Waals surface area contributed by atoms with Gasteiger partial charge in [-0.3, -0.25) is 0 Å². The molecule has 86 valence electrons. The van der Waals surface area contributed by atoms with Gasteiger partial charge in [0.1, 0.15) is 0 Å². The summed E-state index contributed by atoms with van der Waals surface area (Å²) >= 11 is 0. The largest absolute Gasteiger partial charge is 0.472 e. The molecule has 0 aliphatic heterocycles. The monoisotopic (exact) mass is 216 g/mol. The first-order valence-corrected chi connectivity index (χ1v) is 5.71. The molecule has 0 aliphatic rings. The Bertz CT molecular complexity index is 364. The zero-order valence-corrected chi connectivity index (χ0v) is 10.3. The highest BCUT2D eigenvalue weighted by Crippen LogP contribution is 2.04. The Morgan fingerprint density at radius 1 is 1.44 bits per heavy atom. The normalized spacial score (nSPS) is 13.4. The highest BCUT2D eigenvalue weighted by molar-refractivity contribution is 5.23. The minimum absolute atomic E-state index is 0.610. The fraction of sp³-hybridized carbons (Fsp3) is 0.333. The van der Waals surface area contributed by atoms with Crippen molar-refractivity contribution in [2.24, 2.45) is 5.92 Å². The van der Waals surface area contributed by atoms with Crippen LogP contribution in [-0.2, 0) is 6.42 Å². The average Bonchev–Trinajstić information content (AvgIpc) is 2.70. The Hall–Kier alpha value is -1.50. The van der Waals surface area contributed by atoms with E-state index >= 15 is 0 Å². The summed E-state index contributed by atoms with van der Waals surface area (Å²) in [4.78, 5) is 0. The summed E-state index contributed by atoms with van der Waals surface area (Å²) in [7, 11) is 0. The predicted molar refractivity (Wildman–Crippen MR) is 69.3 cm³/mol. The topological polar surface area (TPSA) is 13.1 Å².